The summed E-state index contributed by atoms with van der Waals surface area (Å²) in [6.07, 6.45) is 0.917. The maximum atomic E-state index is 5.83. The molecule has 0 saturated heterocycles. The van der Waals surface area contributed by atoms with Gasteiger partial charge in [-0.1, -0.05) is 23.7 Å². The second-order valence-corrected chi connectivity index (χ2v) is 4.20. The van der Waals surface area contributed by atoms with E-state index in [1.807, 2.05) is 38.1 Å². The summed E-state index contributed by atoms with van der Waals surface area (Å²) in [6.45, 7) is 4.69. The molecule has 0 aliphatic heterocycles. The van der Waals surface area contributed by atoms with Gasteiger partial charge >= 0.3 is 0 Å². The molecule has 16 heavy (non-hydrogen) atoms. The number of benzene rings is 1. The van der Waals surface area contributed by atoms with E-state index in [1.54, 1.807) is 0 Å². The molecule has 2 atom stereocenters. The first-order valence-electron chi connectivity index (χ1n) is 5.49. The summed E-state index contributed by atoms with van der Waals surface area (Å²) >= 11 is 5.83. The van der Waals surface area contributed by atoms with Gasteiger partial charge < -0.3 is 4.74 Å². The molecule has 90 valence electrons. The van der Waals surface area contributed by atoms with Crippen LogP contribution in [0.5, 0.6) is 0 Å². The average molecular weight is 243 g/mol. The Hall–Kier alpha value is -0.610. The molecule has 0 amide bonds. The van der Waals surface area contributed by atoms with Gasteiger partial charge in [-0.05, 0) is 38.0 Å². The van der Waals surface area contributed by atoms with Crippen molar-refractivity contribution in [1.82, 2.24) is 5.43 Å². The van der Waals surface area contributed by atoms with Gasteiger partial charge in [-0.15, -0.1) is 0 Å². The van der Waals surface area contributed by atoms with Crippen molar-refractivity contribution < 1.29 is 4.74 Å². The van der Waals surface area contributed by atoms with Gasteiger partial charge in [0.1, 0.15) is 0 Å². The van der Waals surface area contributed by atoms with Crippen LogP contribution in [-0.4, -0.2) is 18.8 Å². The lowest BCUT2D eigenvalue weighted by atomic mass is 10.0. The van der Waals surface area contributed by atoms with Crippen molar-refractivity contribution in [1.29, 1.82) is 0 Å². The molecule has 0 saturated carbocycles. The fourth-order valence-corrected chi connectivity index (χ4v) is 1.74. The van der Waals surface area contributed by atoms with Gasteiger partial charge in [0.05, 0.1) is 12.1 Å². The van der Waals surface area contributed by atoms with Gasteiger partial charge in [0.15, 0.2) is 0 Å². The van der Waals surface area contributed by atoms with E-state index in [0.29, 0.717) is 6.61 Å². The SMILES string of the molecule is CCOC(C)C(Cc1ccc(Cl)cc1)NN. The summed E-state index contributed by atoms with van der Waals surface area (Å²) in [4.78, 5) is 0. The minimum Gasteiger partial charge on any atom is -0.377 e. The highest BCUT2D eigenvalue weighted by atomic mass is 35.5. The zero-order valence-electron chi connectivity index (χ0n) is 9.74. The number of nitrogens with two attached hydrogens (primary N) is 1. The van der Waals surface area contributed by atoms with Gasteiger partial charge in [-0.3, -0.25) is 11.3 Å². The second-order valence-electron chi connectivity index (χ2n) is 3.76. The summed E-state index contributed by atoms with van der Waals surface area (Å²) in [5.41, 5.74) is 3.99. The number of halogens is 1. The quantitative estimate of drug-likeness (QED) is 0.594. The molecule has 0 fully saturated rings. The van der Waals surface area contributed by atoms with E-state index in [9.17, 15) is 0 Å². The molecule has 0 bridgehead atoms. The van der Waals surface area contributed by atoms with Crippen molar-refractivity contribution in [3.05, 3.63) is 34.9 Å². The molecule has 0 aliphatic rings. The molecule has 1 aromatic rings. The molecule has 1 rings (SSSR count). The lowest BCUT2D eigenvalue weighted by Crippen LogP contribution is -2.45. The van der Waals surface area contributed by atoms with E-state index in [1.165, 1.54) is 5.56 Å². The van der Waals surface area contributed by atoms with Crippen LogP contribution in [0.2, 0.25) is 5.02 Å². The van der Waals surface area contributed by atoms with Crippen LogP contribution in [0.3, 0.4) is 0 Å². The topological polar surface area (TPSA) is 47.3 Å². The summed E-state index contributed by atoms with van der Waals surface area (Å²) in [5, 5.41) is 0.749. The third-order valence-corrected chi connectivity index (χ3v) is 2.83. The lowest BCUT2D eigenvalue weighted by Gasteiger charge is -2.23. The number of rotatable bonds is 6. The Kier molecular flexibility index (Phi) is 5.77. The van der Waals surface area contributed by atoms with Crippen molar-refractivity contribution in [3.63, 3.8) is 0 Å². The van der Waals surface area contributed by atoms with Gasteiger partial charge in [0, 0.05) is 11.6 Å². The fraction of sp³-hybridized carbons (Fsp3) is 0.500. The van der Waals surface area contributed by atoms with Gasteiger partial charge in [-0.25, -0.2) is 0 Å². The molecule has 0 heterocycles. The normalized spacial score (nSPS) is 14.8. The minimum atomic E-state index is 0.0886. The second kappa shape index (κ2) is 6.86. The van der Waals surface area contributed by atoms with Crippen LogP contribution >= 0.6 is 11.6 Å². The predicted octanol–water partition coefficient (Wildman–Crippen LogP) is 2.14. The molecule has 0 aliphatic carbocycles. The number of hydrogen-bond donors (Lipinski definition) is 2. The molecular formula is C12H19ClN2O. The van der Waals surface area contributed by atoms with Gasteiger partial charge in [0.25, 0.3) is 0 Å². The van der Waals surface area contributed by atoms with Gasteiger partial charge in [-0.2, -0.15) is 0 Å². The summed E-state index contributed by atoms with van der Waals surface area (Å²) in [5.74, 6) is 5.53. The average Bonchev–Trinajstić information content (AvgIpc) is 2.28. The largest absolute Gasteiger partial charge is 0.377 e. The highest BCUT2D eigenvalue weighted by Crippen LogP contribution is 2.12. The first-order chi connectivity index (χ1) is 7.67. The number of hydrogen-bond acceptors (Lipinski definition) is 3. The maximum Gasteiger partial charge on any atom is 0.0716 e. The molecule has 3 N–H and O–H groups in total. The Labute approximate surface area is 102 Å². The summed E-state index contributed by atoms with van der Waals surface area (Å²) in [7, 11) is 0. The van der Waals surface area contributed by atoms with Crippen LogP contribution in [0, 0.1) is 0 Å². The summed E-state index contributed by atoms with van der Waals surface area (Å²) < 4.78 is 5.52. The fourth-order valence-electron chi connectivity index (χ4n) is 1.61. The van der Waals surface area contributed by atoms with Crippen LogP contribution in [0.1, 0.15) is 19.4 Å². The third-order valence-electron chi connectivity index (χ3n) is 2.58. The zero-order chi connectivity index (χ0) is 12.0. The van der Waals surface area contributed by atoms with E-state index < -0.39 is 0 Å². The maximum absolute atomic E-state index is 5.83. The first kappa shape index (κ1) is 13.5. The smallest absolute Gasteiger partial charge is 0.0716 e. The molecule has 4 heteroatoms. The molecule has 0 spiro atoms. The van der Waals surface area contributed by atoms with Crippen LogP contribution < -0.4 is 11.3 Å². The number of hydrazine groups is 1. The highest BCUT2D eigenvalue weighted by Gasteiger charge is 2.16. The van der Waals surface area contributed by atoms with Crippen molar-refractivity contribution >= 4 is 11.6 Å². The molecule has 0 radical (unpaired) electrons. The Balaban J connectivity index is 2.59. The first-order valence-corrected chi connectivity index (χ1v) is 5.87. The van der Waals surface area contributed by atoms with Crippen molar-refractivity contribution in [2.24, 2.45) is 5.84 Å². The van der Waals surface area contributed by atoms with Crippen molar-refractivity contribution in [2.75, 3.05) is 6.61 Å². The predicted molar refractivity (Wildman–Crippen MR) is 67.4 cm³/mol. The minimum absolute atomic E-state index is 0.0886. The van der Waals surface area contributed by atoms with E-state index in [-0.39, 0.29) is 12.1 Å². The molecule has 0 aromatic heterocycles. The van der Waals surface area contributed by atoms with Crippen molar-refractivity contribution in [2.45, 2.75) is 32.4 Å². The Morgan fingerprint density at radius 2 is 2.00 bits per heavy atom. The van der Waals surface area contributed by atoms with Crippen LogP contribution in [0.25, 0.3) is 0 Å². The zero-order valence-corrected chi connectivity index (χ0v) is 10.5. The van der Waals surface area contributed by atoms with Crippen molar-refractivity contribution in [3.8, 4) is 0 Å². The number of ether oxygens (including phenoxy) is 1. The lowest BCUT2D eigenvalue weighted by molar-refractivity contribution is 0.0476. The standard InChI is InChI=1S/C12H19ClN2O/c1-3-16-9(2)12(15-14)8-10-4-6-11(13)7-5-10/h4-7,9,12,15H,3,8,14H2,1-2H3. The molecule has 3 nitrogen and oxygen atoms in total. The Morgan fingerprint density at radius 3 is 2.50 bits per heavy atom. The molecular weight excluding hydrogens is 224 g/mol. The molecule has 2 unspecified atom stereocenters. The van der Waals surface area contributed by atoms with Crippen LogP contribution in [0.4, 0.5) is 0 Å². The van der Waals surface area contributed by atoms with Crippen LogP contribution in [-0.2, 0) is 11.2 Å². The molecule has 1 aromatic carbocycles. The Bertz CT molecular complexity index is 302. The van der Waals surface area contributed by atoms with E-state index in [4.69, 9.17) is 22.2 Å². The third kappa shape index (κ3) is 4.10. The van der Waals surface area contributed by atoms with Gasteiger partial charge in [0.2, 0.25) is 0 Å². The highest BCUT2D eigenvalue weighted by molar-refractivity contribution is 6.30. The summed E-state index contributed by atoms with van der Waals surface area (Å²) in [6, 6.07) is 7.89. The van der Waals surface area contributed by atoms with E-state index in [2.05, 4.69) is 5.43 Å². The number of nitrogens with one attached hydrogen (secondary N) is 1. The Morgan fingerprint density at radius 1 is 1.38 bits per heavy atom. The monoisotopic (exact) mass is 242 g/mol. The van der Waals surface area contributed by atoms with Crippen LogP contribution in [0.15, 0.2) is 24.3 Å². The van der Waals surface area contributed by atoms with E-state index >= 15 is 0 Å². The van der Waals surface area contributed by atoms with E-state index in [0.717, 1.165) is 11.4 Å².